The molecular weight excluding hydrogens is 238 g/mol. The maximum Gasteiger partial charge on any atom is 0.257 e. The first-order chi connectivity index (χ1) is 9.09. The highest BCUT2D eigenvalue weighted by molar-refractivity contribution is 5.95. The maximum absolute atomic E-state index is 12.5. The van der Waals surface area contributed by atoms with E-state index in [1.807, 2.05) is 56.0 Å². The number of benzene rings is 1. The van der Waals surface area contributed by atoms with E-state index in [0.717, 1.165) is 11.3 Å². The second-order valence-corrected chi connectivity index (χ2v) is 4.92. The molecule has 0 aliphatic heterocycles. The second-order valence-electron chi connectivity index (χ2n) is 4.92. The van der Waals surface area contributed by atoms with Crippen LogP contribution >= 0.6 is 0 Å². The first kappa shape index (κ1) is 13.3. The number of H-pyrrole nitrogens is 1. The van der Waals surface area contributed by atoms with Gasteiger partial charge in [0.15, 0.2) is 0 Å². The molecule has 0 unspecified atom stereocenters. The minimum absolute atomic E-state index is 0.0186. The van der Waals surface area contributed by atoms with Gasteiger partial charge in [0.25, 0.3) is 5.91 Å². The van der Waals surface area contributed by atoms with Crippen molar-refractivity contribution in [2.75, 3.05) is 0 Å². The van der Waals surface area contributed by atoms with Crippen molar-refractivity contribution in [2.45, 2.75) is 33.4 Å². The summed E-state index contributed by atoms with van der Waals surface area (Å²) in [7, 11) is 0. The fourth-order valence-electron chi connectivity index (χ4n) is 1.99. The van der Waals surface area contributed by atoms with E-state index in [2.05, 4.69) is 10.2 Å². The number of aryl methyl sites for hydroxylation is 1. The molecule has 2 rings (SSSR count). The molecule has 0 aliphatic carbocycles. The fraction of sp³-hybridized carbons (Fsp3) is 0.333. The number of aromatic amines is 1. The molecule has 0 bridgehead atoms. The van der Waals surface area contributed by atoms with Crippen molar-refractivity contribution in [1.29, 1.82) is 0 Å². The summed E-state index contributed by atoms with van der Waals surface area (Å²) in [5.41, 5.74) is 2.58. The van der Waals surface area contributed by atoms with Crippen molar-refractivity contribution in [3.8, 4) is 0 Å². The van der Waals surface area contributed by atoms with E-state index in [1.54, 1.807) is 6.20 Å². The number of carbonyl (C=O) groups excluding carboxylic acids is 1. The summed E-state index contributed by atoms with van der Waals surface area (Å²) in [5.74, 6) is 0.0186. The summed E-state index contributed by atoms with van der Waals surface area (Å²) in [6.07, 6.45) is 1.60. The quantitative estimate of drug-likeness (QED) is 0.915. The maximum atomic E-state index is 12.5. The molecular formula is C15H19N3O. The summed E-state index contributed by atoms with van der Waals surface area (Å²) in [4.78, 5) is 14.4. The zero-order valence-electron chi connectivity index (χ0n) is 11.6. The number of nitrogens with one attached hydrogen (secondary N) is 1. The van der Waals surface area contributed by atoms with Crippen LogP contribution in [0.5, 0.6) is 0 Å². The predicted molar refractivity (Wildman–Crippen MR) is 74.8 cm³/mol. The zero-order chi connectivity index (χ0) is 13.8. The number of rotatable bonds is 4. The highest BCUT2D eigenvalue weighted by Crippen LogP contribution is 2.14. The standard InChI is InChI=1S/C15H19N3O/c1-11(2)18(10-13-7-5-4-6-8-13)15(19)14-9-16-17-12(14)3/h4-9,11H,10H2,1-3H3,(H,16,17). The molecule has 4 nitrogen and oxygen atoms in total. The Morgan fingerprint density at radius 3 is 2.53 bits per heavy atom. The molecule has 0 spiro atoms. The lowest BCUT2D eigenvalue weighted by Crippen LogP contribution is -2.36. The third kappa shape index (κ3) is 3.02. The molecule has 0 radical (unpaired) electrons. The van der Waals surface area contributed by atoms with Crippen LogP contribution in [0, 0.1) is 6.92 Å². The summed E-state index contributed by atoms with van der Waals surface area (Å²) < 4.78 is 0. The van der Waals surface area contributed by atoms with E-state index in [1.165, 1.54) is 0 Å². The zero-order valence-corrected chi connectivity index (χ0v) is 11.6. The Morgan fingerprint density at radius 2 is 2.00 bits per heavy atom. The van der Waals surface area contributed by atoms with E-state index in [9.17, 15) is 4.79 Å². The number of hydrogen-bond acceptors (Lipinski definition) is 2. The lowest BCUT2D eigenvalue weighted by atomic mass is 10.1. The Hall–Kier alpha value is -2.10. The molecule has 1 amide bonds. The Bertz CT molecular complexity index is 546. The van der Waals surface area contributed by atoms with E-state index in [4.69, 9.17) is 0 Å². The van der Waals surface area contributed by atoms with Crippen molar-refractivity contribution in [2.24, 2.45) is 0 Å². The SMILES string of the molecule is Cc1[nH]ncc1C(=O)N(Cc1ccccc1)C(C)C. The Labute approximate surface area is 113 Å². The van der Waals surface area contributed by atoms with Crippen LogP contribution in [0.25, 0.3) is 0 Å². The molecule has 2 aromatic rings. The molecule has 0 saturated carbocycles. The molecule has 4 heteroatoms. The van der Waals surface area contributed by atoms with Crippen molar-refractivity contribution in [3.05, 3.63) is 53.3 Å². The first-order valence-corrected chi connectivity index (χ1v) is 6.44. The largest absolute Gasteiger partial charge is 0.332 e. The minimum atomic E-state index is 0.0186. The monoisotopic (exact) mass is 257 g/mol. The van der Waals surface area contributed by atoms with Gasteiger partial charge in [-0.05, 0) is 26.3 Å². The molecule has 19 heavy (non-hydrogen) atoms. The van der Waals surface area contributed by atoms with Crippen LogP contribution in [-0.2, 0) is 6.54 Å². The molecule has 1 aromatic heterocycles. The van der Waals surface area contributed by atoms with E-state index >= 15 is 0 Å². The van der Waals surface area contributed by atoms with E-state index < -0.39 is 0 Å². The van der Waals surface area contributed by atoms with Crippen molar-refractivity contribution < 1.29 is 4.79 Å². The van der Waals surface area contributed by atoms with Gasteiger partial charge < -0.3 is 4.90 Å². The molecule has 0 aliphatic rings. The number of nitrogens with zero attached hydrogens (tertiary/aromatic N) is 2. The van der Waals surface area contributed by atoms with Gasteiger partial charge in [0.2, 0.25) is 0 Å². The Kier molecular flexibility index (Phi) is 4.00. The topological polar surface area (TPSA) is 49.0 Å². The average molecular weight is 257 g/mol. The van der Waals surface area contributed by atoms with Crippen molar-refractivity contribution in [1.82, 2.24) is 15.1 Å². The predicted octanol–water partition coefficient (Wildman–Crippen LogP) is 2.77. The van der Waals surface area contributed by atoms with Crippen LogP contribution in [0.1, 0.15) is 35.5 Å². The minimum Gasteiger partial charge on any atom is -0.332 e. The van der Waals surface area contributed by atoms with Gasteiger partial charge in [-0.3, -0.25) is 9.89 Å². The van der Waals surface area contributed by atoms with E-state index in [0.29, 0.717) is 12.1 Å². The van der Waals surface area contributed by atoms with Gasteiger partial charge in [-0.2, -0.15) is 5.10 Å². The van der Waals surface area contributed by atoms with Crippen molar-refractivity contribution in [3.63, 3.8) is 0 Å². The molecule has 0 fully saturated rings. The third-order valence-corrected chi connectivity index (χ3v) is 3.14. The first-order valence-electron chi connectivity index (χ1n) is 6.44. The van der Waals surface area contributed by atoms with Gasteiger partial charge in [0.05, 0.1) is 11.8 Å². The van der Waals surface area contributed by atoms with E-state index in [-0.39, 0.29) is 11.9 Å². The van der Waals surface area contributed by atoms with Crippen LogP contribution in [0.15, 0.2) is 36.5 Å². The highest BCUT2D eigenvalue weighted by atomic mass is 16.2. The molecule has 1 aromatic carbocycles. The Balaban J connectivity index is 2.22. The lowest BCUT2D eigenvalue weighted by molar-refractivity contribution is 0.0689. The number of carbonyl (C=O) groups is 1. The van der Waals surface area contributed by atoms with Gasteiger partial charge in [0.1, 0.15) is 0 Å². The van der Waals surface area contributed by atoms with Gasteiger partial charge in [-0.1, -0.05) is 30.3 Å². The van der Waals surface area contributed by atoms with Gasteiger partial charge in [-0.25, -0.2) is 0 Å². The molecule has 1 heterocycles. The number of hydrogen-bond donors (Lipinski definition) is 1. The summed E-state index contributed by atoms with van der Waals surface area (Å²) in [6, 6.07) is 10.2. The van der Waals surface area contributed by atoms with Crippen LogP contribution in [0.3, 0.4) is 0 Å². The lowest BCUT2D eigenvalue weighted by Gasteiger charge is -2.26. The summed E-state index contributed by atoms with van der Waals surface area (Å²) in [5, 5.41) is 6.73. The molecule has 100 valence electrons. The van der Waals surface area contributed by atoms with Gasteiger partial charge >= 0.3 is 0 Å². The van der Waals surface area contributed by atoms with Gasteiger partial charge in [0, 0.05) is 18.3 Å². The number of aromatic nitrogens is 2. The van der Waals surface area contributed by atoms with Crippen LogP contribution in [0.4, 0.5) is 0 Å². The smallest absolute Gasteiger partial charge is 0.257 e. The second kappa shape index (κ2) is 5.69. The van der Waals surface area contributed by atoms with Crippen LogP contribution in [0.2, 0.25) is 0 Å². The molecule has 1 N–H and O–H groups in total. The van der Waals surface area contributed by atoms with Gasteiger partial charge in [-0.15, -0.1) is 0 Å². The third-order valence-electron chi connectivity index (χ3n) is 3.14. The molecule has 0 atom stereocenters. The van der Waals surface area contributed by atoms with Crippen LogP contribution < -0.4 is 0 Å². The van der Waals surface area contributed by atoms with Crippen molar-refractivity contribution >= 4 is 5.91 Å². The summed E-state index contributed by atoms with van der Waals surface area (Å²) >= 11 is 0. The average Bonchev–Trinajstić information content (AvgIpc) is 2.82. The summed E-state index contributed by atoms with van der Waals surface area (Å²) in [6.45, 7) is 6.52. The normalized spacial score (nSPS) is 10.7. The van der Waals surface area contributed by atoms with Crippen LogP contribution in [-0.4, -0.2) is 27.0 Å². The fourth-order valence-corrected chi connectivity index (χ4v) is 1.99. The highest BCUT2D eigenvalue weighted by Gasteiger charge is 2.21. The Morgan fingerprint density at radius 1 is 1.32 bits per heavy atom. The number of amides is 1. The molecule has 0 saturated heterocycles.